The van der Waals surface area contributed by atoms with Crippen LogP contribution in [0.4, 0.5) is 0 Å². The number of furan rings is 1. The van der Waals surface area contributed by atoms with Crippen molar-refractivity contribution in [1.29, 1.82) is 0 Å². The number of carbonyl (C=O) groups excluding carboxylic acids is 1. The molecule has 3 aromatic rings. The molecule has 2 aromatic heterocycles. The summed E-state index contributed by atoms with van der Waals surface area (Å²) < 4.78 is 5.34. The largest absolute Gasteiger partial charge is 0.462 e. The number of aryl methyl sites for hydroxylation is 1. The average molecular weight is 338 g/mol. The molecule has 1 aromatic carbocycles. The monoisotopic (exact) mass is 338 g/mol. The van der Waals surface area contributed by atoms with Gasteiger partial charge in [0.15, 0.2) is 10.8 Å². The molecular formula is C19H18N2O2S. The molecule has 2 heterocycles. The molecule has 1 N–H and O–H groups in total. The Morgan fingerprint density at radius 3 is 2.96 bits per heavy atom. The van der Waals surface area contributed by atoms with Gasteiger partial charge in [0.05, 0.1) is 18.4 Å². The van der Waals surface area contributed by atoms with Gasteiger partial charge in [-0.2, -0.15) is 0 Å². The van der Waals surface area contributed by atoms with Crippen molar-refractivity contribution < 1.29 is 9.21 Å². The average Bonchev–Trinajstić information content (AvgIpc) is 3.26. The van der Waals surface area contributed by atoms with Crippen molar-refractivity contribution in [1.82, 2.24) is 10.3 Å². The van der Waals surface area contributed by atoms with Crippen LogP contribution in [0.2, 0.25) is 0 Å². The summed E-state index contributed by atoms with van der Waals surface area (Å²) in [4.78, 5) is 16.8. The number of thiazole rings is 1. The first kappa shape index (κ1) is 15.1. The van der Waals surface area contributed by atoms with E-state index in [0.717, 1.165) is 35.7 Å². The van der Waals surface area contributed by atoms with Gasteiger partial charge in [0, 0.05) is 11.4 Å². The highest BCUT2D eigenvalue weighted by Gasteiger charge is 2.20. The highest BCUT2D eigenvalue weighted by Crippen LogP contribution is 2.24. The van der Waals surface area contributed by atoms with Crippen LogP contribution in [0.3, 0.4) is 0 Å². The van der Waals surface area contributed by atoms with E-state index in [0.29, 0.717) is 6.42 Å². The van der Waals surface area contributed by atoms with Crippen LogP contribution in [0.5, 0.6) is 0 Å². The fourth-order valence-corrected chi connectivity index (χ4v) is 3.95. The van der Waals surface area contributed by atoms with Gasteiger partial charge < -0.3 is 9.73 Å². The van der Waals surface area contributed by atoms with Crippen LogP contribution in [-0.4, -0.2) is 16.9 Å². The third kappa shape index (κ3) is 3.26. The van der Waals surface area contributed by atoms with Crippen molar-refractivity contribution in [3.63, 3.8) is 0 Å². The van der Waals surface area contributed by atoms with E-state index in [1.807, 2.05) is 17.5 Å². The van der Waals surface area contributed by atoms with Crippen molar-refractivity contribution >= 4 is 17.2 Å². The number of amides is 1. The summed E-state index contributed by atoms with van der Waals surface area (Å²) in [6.07, 6.45) is 4.88. The van der Waals surface area contributed by atoms with E-state index in [9.17, 15) is 4.79 Å². The maximum Gasteiger partial charge on any atom is 0.226 e. The molecule has 122 valence electrons. The number of fused-ring (bicyclic) bond motifs is 1. The number of hydrogen-bond acceptors (Lipinski definition) is 4. The van der Waals surface area contributed by atoms with Crippen molar-refractivity contribution in [3.8, 4) is 10.8 Å². The van der Waals surface area contributed by atoms with Crippen LogP contribution in [0.1, 0.15) is 23.2 Å². The maximum absolute atomic E-state index is 12.3. The SMILES string of the molecule is O=C(Cc1csc(-c2ccco2)n1)N[C@@H]1CCc2ccccc2C1. The number of aromatic nitrogens is 1. The molecule has 0 fully saturated rings. The summed E-state index contributed by atoms with van der Waals surface area (Å²) >= 11 is 1.50. The van der Waals surface area contributed by atoms with E-state index >= 15 is 0 Å². The van der Waals surface area contributed by atoms with Crippen LogP contribution in [0.15, 0.2) is 52.5 Å². The van der Waals surface area contributed by atoms with Gasteiger partial charge in [0.1, 0.15) is 0 Å². The third-order valence-electron chi connectivity index (χ3n) is 4.34. The van der Waals surface area contributed by atoms with Gasteiger partial charge >= 0.3 is 0 Å². The summed E-state index contributed by atoms with van der Waals surface area (Å²) in [6.45, 7) is 0. The van der Waals surface area contributed by atoms with Crippen LogP contribution in [0.25, 0.3) is 10.8 Å². The first-order valence-corrected chi connectivity index (χ1v) is 9.00. The second-order valence-corrected chi connectivity index (χ2v) is 6.93. The van der Waals surface area contributed by atoms with Gasteiger partial charge in [-0.25, -0.2) is 4.98 Å². The third-order valence-corrected chi connectivity index (χ3v) is 5.24. The van der Waals surface area contributed by atoms with Crippen LogP contribution >= 0.6 is 11.3 Å². The highest BCUT2D eigenvalue weighted by atomic mass is 32.1. The molecule has 0 spiro atoms. The lowest BCUT2D eigenvalue weighted by atomic mass is 9.88. The Hall–Kier alpha value is -2.40. The van der Waals surface area contributed by atoms with Crippen molar-refractivity contribution in [2.24, 2.45) is 0 Å². The fraction of sp³-hybridized carbons (Fsp3) is 0.263. The molecule has 0 radical (unpaired) electrons. The quantitative estimate of drug-likeness (QED) is 0.790. The second kappa shape index (κ2) is 6.61. The predicted molar refractivity (Wildman–Crippen MR) is 93.9 cm³/mol. The highest BCUT2D eigenvalue weighted by molar-refractivity contribution is 7.13. The van der Waals surface area contributed by atoms with Crippen molar-refractivity contribution in [2.75, 3.05) is 0 Å². The molecule has 1 amide bonds. The van der Waals surface area contributed by atoms with Crippen LogP contribution in [0, 0.1) is 0 Å². The second-order valence-electron chi connectivity index (χ2n) is 6.07. The summed E-state index contributed by atoms with van der Waals surface area (Å²) in [5.74, 6) is 0.784. The van der Waals surface area contributed by atoms with Gasteiger partial charge in [-0.3, -0.25) is 4.79 Å². The summed E-state index contributed by atoms with van der Waals surface area (Å²) in [5, 5.41) is 5.89. The molecule has 0 saturated heterocycles. The number of carbonyl (C=O) groups is 1. The Kier molecular flexibility index (Phi) is 4.17. The molecule has 1 aliphatic carbocycles. The maximum atomic E-state index is 12.3. The van der Waals surface area contributed by atoms with Crippen LogP contribution < -0.4 is 5.32 Å². The van der Waals surface area contributed by atoms with E-state index in [1.54, 1.807) is 6.26 Å². The van der Waals surface area contributed by atoms with Gasteiger partial charge in [-0.05, 0) is 42.5 Å². The van der Waals surface area contributed by atoms with E-state index in [-0.39, 0.29) is 11.9 Å². The number of rotatable bonds is 4. The zero-order valence-corrected chi connectivity index (χ0v) is 14.0. The summed E-state index contributed by atoms with van der Waals surface area (Å²) in [7, 11) is 0. The predicted octanol–water partition coefficient (Wildman–Crippen LogP) is 3.62. The lowest BCUT2D eigenvalue weighted by Gasteiger charge is -2.25. The molecule has 24 heavy (non-hydrogen) atoms. The van der Waals surface area contributed by atoms with Crippen LogP contribution in [-0.2, 0) is 24.1 Å². The minimum Gasteiger partial charge on any atom is -0.462 e. The number of hydrogen-bond donors (Lipinski definition) is 1. The van der Waals surface area contributed by atoms with E-state index in [1.165, 1.54) is 22.5 Å². The molecule has 4 rings (SSSR count). The molecule has 0 unspecified atom stereocenters. The topological polar surface area (TPSA) is 55.1 Å². The Bertz CT molecular complexity index is 839. The lowest BCUT2D eigenvalue weighted by Crippen LogP contribution is -2.39. The zero-order valence-electron chi connectivity index (χ0n) is 13.2. The smallest absolute Gasteiger partial charge is 0.226 e. The Balaban J connectivity index is 1.36. The van der Waals surface area contributed by atoms with Gasteiger partial charge in [0.2, 0.25) is 5.91 Å². The number of nitrogens with zero attached hydrogens (tertiary/aromatic N) is 1. The van der Waals surface area contributed by atoms with Gasteiger partial charge in [-0.15, -0.1) is 11.3 Å². The first-order chi connectivity index (χ1) is 11.8. The molecule has 0 saturated carbocycles. The Morgan fingerprint density at radius 2 is 2.12 bits per heavy atom. The molecule has 4 nitrogen and oxygen atoms in total. The van der Waals surface area contributed by atoms with E-state index in [4.69, 9.17) is 4.42 Å². The minimum absolute atomic E-state index is 0.0377. The molecule has 1 atom stereocenters. The number of nitrogens with one attached hydrogen (secondary N) is 1. The van der Waals surface area contributed by atoms with Gasteiger partial charge in [0.25, 0.3) is 0 Å². The molecule has 1 aliphatic rings. The van der Waals surface area contributed by atoms with Crippen molar-refractivity contribution in [2.45, 2.75) is 31.7 Å². The molecule has 0 bridgehead atoms. The molecule has 5 heteroatoms. The normalized spacial score (nSPS) is 16.6. The van der Waals surface area contributed by atoms with Crippen molar-refractivity contribution in [3.05, 3.63) is 64.9 Å². The fourth-order valence-electron chi connectivity index (χ4n) is 3.17. The number of benzene rings is 1. The Morgan fingerprint density at radius 1 is 1.25 bits per heavy atom. The first-order valence-electron chi connectivity index (χ1n) is 8.12. The zero-order chi connectivity index (χ0) is 16.4. The standard InChI is InChI=1S/C19H18N2O2S/c22-18(11-16-12-24-19(21-16)17-6-3-9-23-17)20-15-8-7-13-4-1-2-5-14(13)10-15/h1-6,9,12,15H,7-8,10-11H2,(H,20,22)/t15-/m1/s1. The molecule has 0 aliphatic heterocycles. The Labute approximate surface area is 144 Å². The molecular weight excluding hydrogens is 320 g/mol. The summed E-state index contributed by atoms with van der Waals surface area (Å²) in [6, 6.07) is 12.4. The van der Waals surface area contributed by atoms with Gasteiger partial charge in [-0.1, -0.05) is 24.3 Å². The minimum atomic E-state index is 0.0377. The summed E-state index contributed by atoms with van der Waals surface area (Å²) in [5.41, 5.74) is 3.55. The lowest BCUT2D eigenvalue weighted by molar-refractivity contribution is -0.121. The van der Waals surface area contributed by atoms with E-state index < -0.39 is 0 Å². The van der Waals surface area contributed by atoms with E-state index in [2.05, 4.69) is 34.6 Å².